The van der Waals surface area contributed by atoms with Crippen LogP contribution in [0.15, 0.2) is 24.3 Å². The molecule has 0 saturated heterocycles. The molecule has 0 aromatic heterocycles. The van der Waals surface area contributed by atoms with E-state index in [0.717, 1.165) is 5.75 Å². The smallest absolute Gasteiger partial charge is 0.169 e. The van der Waals surface area contributed by atoms with Crippen LogP contribution < -0.4 is 10.1 Å². The first-order valence-electron chi connectivity index (χ1n) is 4.55. The van der Waals surface area contributed by atoms with E-state index in [4.69, 9.17) is 17.0 Å². The van der Waals surface area contributed by atoms with Crippen LogP contribution in [0.3, 0.4) is 0 Å². The van der Waals surface area contributed by atoms with Crippen molar-refractivity contribution in [1.29, 1.82) is 0 Å². The highest BCUT2D eigenvalue weighted by molar-refractivity contribution is 7.80. The quantitative estimate of drug-likeness (QED) is 0.624. The Morgan fingerprint density at radius 1 is 1.40 bits per heavy atom. The number of thiocarbonyl (C=S) groups is 1. The van der Waals surface area contributed by atoms with Gasteiger partial charge in [0, 0.05) is 12.6 Å². The van der Waals surface area contributed by atoms with Gasteiger partial charge in [-0.1, -0.05) is 12.2 Å². The Morgan fingerprint density at radius 3 is 2.47 bits per heavy atom. The van der Waals surface area contributed by atoms with E-state index < -0.39 is 0 Å². The fourth-order valence-corrected chi connectivity index (χ4v) is 1.24. The predicted octanol–water partition coefficient (Wildman–Crippen LogP) is 1.81. The first-order chi connectivity index (χ1) is 7.17. The highest BCUT2D eigenvalue weighted by atomic mass is 32.1. The Labute approximate surface area is 94.4 Å². The molecule has 0 radical (unpaired) electrons. The maximum atomic E-state index is 11.6. The Hall–Kier alpha value is -1.42. The standard InChI is InChI=1S/C11H13NO2S/c1-12-11(15)7-10(13)8-3-5-9(14-2)6-4-8/h3-6H,7H2,1-2H3,(H,12,15). The minimum absolute atomic E-state index is 0.0111. The molecule has 0 aliphatic carbocycles. The molecule has 0 aliphatic rings. The van der Waals surface area contributed by atoms with Gasteiger partial charge in [0.2, 0.25) is 0 Å². The summed E-state index contributed by atoms with van der Waals surface area (Å²) in [5, 5.41) is 2.77. The van der Waals surface area contributed by atoms with Crippen molar-refractivity contribution >= 4 is 23.0 Å². The summed E-state index contributed by atoms with van der Waals surface area (Å²) < 4.78 is 5.00. The molecule has 0 bridgehead atoms. The largest absolute Gasteiger partial charge is 0.497 e. The zero-order valence-corrected chi connectivity index (χ0v) is 9.56. The minimum atomic E-state index is 0.0111. The van der Waals surface area contributed by atoms with Gasteiger partial charge in [-0.3, -0.25) is 4.79 Å². The van der Waals surface area contributed by atoms with Crippen LogP contribution in [0.25, 0.3) is 0 Å². The third-order valence-corrected chi connectivity index (χ3v) is 2.36. The summed E-state index contributed by atoms with van der Waals surface area (Å²) in [6.45, 7) is 0. The molecular formula is C11H13NO2S. The second-order valence-electron chi connectivity index (χ2n) is 3.00. The number of ether oxygens (including phenoxy) is 1. The van der Waals surface area contributed by atoms with Crippen molar-refractivity contribution in [2.45, 2.75) is 6.42 Å². The highest BCUT2D eigenvalue weighted by Gasteiger charge is 2.07. The lowest BCUT2D eigenvalue weighted by Gasteiger charge is -2.03. The first-order valence-corrected chi connectivity index (χ1v) is 4.96. The third-order valence-electron chi connectivity index (χ3n) is 2.01. The van der Waals surface area contributed by atoms with E-state index in [1.54, 1.807) is 38.4 Å². The molecule has 1 aromatic rings. The van der Waals surface area contributed by atoms with E-state index in [9.17, 15) is 4.79 Å². The molecule has 3 nitrogen and oxygen atoms in total. The zero-order chi connectivity index (χ0) is 11.3. The molecule has 0 saturated carbocycles. The van der Waals surface area contributed by atoms with Gasteiger partial charge < -0.3 is 10.1 Å². The fourth-order valence-electron chi connectivity index (χ4n) is 1.11. The van der Waals surface area contributed by atoms with E-state index >= 15 is 0 Å². The molecule has 4 heteroatoms. The van der Waals surface area contributed by atoms with Crippen molar-refractivity contribution in [2.75, 3.05) is 14.2 Å². The molecule has 80 valence electrons. The van der Waals surface area contributed by atoms with Crippen molar-refractivity contribution in [3.63, 3.8) is 0 Å². The Kier molecular flexibility index (Phi) is 4.24. The van der Waals surface area contributed by atoms with Gasteiger partial charge in [0.25, 0.3) is 0 Å². The van der Waals surface area contributed by atoms with Crippen LogP contribution in [0.5, 0.6) is 5.75 Å². The Bertz CT molecular complexity index is 359. The first kappa shape index (κ1) is 11.7. The molecule has 0 aliphatic heterocycles. The van der Waals surface area contributed by atoms with E-state index in [2.05, 4.69) is 5.32 Å². The van der Waals surface area contributed by atoms with Gasteiger partial charge in [0.1, 0.15) is 5.75 Å². The van der Waals surface area contributed by atoms with Crippen molar-refractivity contribution in [2.24, 2.45) is 0 Å². The number of ketones is 1. The average Bonchev–Trinajstić information content (AvgIpc) is 2.29. The van der Waals surface area contributed by atoms with Gasteiger partial charge in [0.05, 0.1) is 18.5 Å². The monoisotopic (exact) mass is 223 g/mol. The molecule has 0 fully saturated rings. The van der Waals surface area contributed by atoms with Crippen molar-refractivity contribution in [3.8, 4) is 5.75 Å². The van der Waals surface area contributed by atoms with E-state index in [-0.39, 0.29) is 12.2 Å². The fraction of sp³-hybridized carbons (Fsp3) is 0.273. The Morgan fingerprint density at radius 2 is 2.00 bits per heavy atom. The summed E-state index contributed by atoms with van der Waals surface area (Å²) in [4.78, 5) is 12.2. The van der Waals surface area contributed by atoms with Crippen LogP contribution in [0.4, 0.5) is 0 Å². The molecule has 0 amide bonds. The summed E-state index contributed by atoms with van der Waals surface area (Å²) in [5.74, 6) is 0.750. The molecular weight excluding hydrogens is 210 g/mol. The normalized spacial score (nSPS) is 9.47. The van der Waals surface area contributed by atoms with Crippen LogP contribution in [0, 0.1) is 0 Å². The number of methoxy groups -OCH3 is 1. The number of rotatable bonds is 4. The van der Waals surface area contributed by atoms with Gasteiger partial charge >= 0.3 is 0 Å². The SMILES string of the molecule is CNC(=S)CC(=O)c1ccc(OC)cc1. The van der Waals surface area contributed by atoms with Crippen LogP contribution in [-0.4, -0.2) is 24.9 Å². The van der Waals surface area contributed by atoms with Crippen molar-refractivity contribution in [1.82, 2.24) is 5.32 Å². The topological polar surface area (TPSA) is 38.3 Å². The number of hydrogen-bond acceptors (Lipinski definition) is 3. The van der Waals surface area contributed by atoms with Gasteiger partial charge in [-0.2, -0.15) is 0 Å². The third kappa shape index (κ3) is 3.32. The number of hydrogen-bond donors (Lipinski definition) is 1. The Balaban J connectivity index is 2.70. The van der Waals surface area contributed by atoms with E-state index in [0.29, 0.717) is 10.6 Å². The predicted molar refractivity (Wildman–Crippen MR) is 63.6 cm³/mol. The summed E-state index contributed by atoms with van der Waals surface area (Å²) >= 11 is 4.92. The summed E-state index contributed by atoms with van der Waals surface area (Å²) in [7, 11) is 3.30. The second-order valence-corrected chi connectivity index (χ2v) is 3.49. The summed E-state index contributed by atoms with van der Waals surface area (Å²) in [6.07, 6.45) is 0.248. The average molecular weight is 223 g/mol. The van der Waals surface area contributed by atoms with E-state index in [1.807, 2.05) is 0 Å². The molecule has 1 aromatic carbocycles. The maximum absolute atomic E-state index is 11.6. The second kappa shape index (κ2) is 5.46. The molecule has 1 N–H and O–H groups in total. The lowest BCUT2D eigenvalue weighted by Crippen LogP contribution is -2.19. The molecule has 0 heterocycles. The van der Waals surface area contributed by atoms with Crippen LogP contribution in [0.1, 0.15) is 16.8 Å². The zero-order valence-electron chi connectivity index (χ0n) is 8.74. The van der Waals surface area contributed by atoms with Crippen LogP contribution >= 0.6 is 12.2 Å². The number of carbonyl (C=O) groups is 1. The van der Waals surface area contributed by atoms with Gasteiger partial charge in [0.15, 0.2) is 5.78 Å². The molecule has 1 rings (SSSR count). The number of carbonyl (C=O) groups excluding carboxylic acids is 1. The van der Waals surface area contributed by atoms with Gasteiger partial charge in [-0.15, -0.1) is 0 Å². The number of benzene rings is 1. The highest BCUT2D eigenvalue weighted by Crippen LogP contribution is 2.12. The van der Waals surface area contributed by atoms with E-state index in [1.165, 1.54) is 0 Å². The van der Waals surface area contributed by atoms with Gasteiger partial charge in [-0.05, 0) is 24.3 Å². The number of Topliss-reactive ketones (excluding diaryl/α,β-unsaturated/α-hetero) is 1. The van der Waals surface area contributed by atoms with Crippen molar-refractivity contribution in [3.05, 3.63) is 29.8 Å². The summed E-state index contributed by atoms with van der Waals surface area (Å²) in [6, 6.07) is 6.99. The molecule has 0 atom stereocenters. The van der Waals surface area contributed by atoms with Crippen molar-refractivity contribution < 1.29 is 9.53 Å². The molecule has 15 heavy (non-hydrogen) atoms. The number of nitrogens with one attached hydrogen (secondary N) is 1. The lowest BCUT2D eigenvalue weighted by molar-refractivity contribution is 0.100. The van der Waals surface area contributed by atoms with Crippen LogP contribution in [-0.2, 0) is 0 Å². The van der Waals surface area contributed by atoms with Gasteiger partial charge in [-0.25, -0.2) is 0 Å². The molecule has 0 unspecified atom stereocenters. The maximum Gasteiger partial charge on any atom is 0.169 e. The lowest BCUT2D eigenvalue weighted by atomic mass is 10.1. The van der Waals surface area contributed by atoms with Crippen LogP contribution in [0.2, 0.25) is 0 Å². The molecule has 0 spiro atoms. The summed E-state index contributed by atoms with van der Waals surface area (Å²) in [5.41, 5.74) is 0.647. The minimum Gasteiger partial charge on any atom is -0.497 e.